The lowest BCUT2D eigenvalue weighted by atomic mass is 9.81. The summed E-state index contributed by atoms with van der Waals surface area (Å²) >= 11 is 0. The summed E-state index contributed by atoms with van der Waals surface area (Å²) in [6, 6.07) is 14.0. The first-order chi connectivity index (χ1) is 17.2. The fourth-order valence-electron chi connectivity index (χ4n) is 5.95. The molecule has 4 heterocycles. The molecule has 35 heavy (non-hydrogen) atoms. The van der Waals surface area contributed by atoms with Crippen LogP contribution in [0.15, 0.2) is 61.1 Å². The average Bonchev–Trinajstić information content (AvgIpc) is 3.30. The molecule has 3 fully saturated rings. The maximum Gasteiger partial charge on any atom is 0.253 e. The molecular weight excluding hydrogens is 440 g/mol. The molecule has 1 aromatic heterocycles. The van der Waals surface area contributed by atoms with Gasteiger partial charge in [-0.05, 0) is 42.7 Å². The molecule has 2 saturated heterocycles. The SMILES string of the molecule is O=C1C2C3CCCCC3NN2C=CN1Cc1ccc(C(=O)N2CCN(c3ccccn3)CC2)cc1. The van der Waals surface area contributed by atoms with Crippen LogP contribution in [0, 0.1) is 5.92 Å². The van der Waals surface area contributed by atoms with Gasteiger partial charge < -0.3 is 19.7 Å². The van der Waals surface area contributed by atoms with Crippen LogP contribution in [0.2, 0.25) is 0 Å². The van der Waals surface area contributed by atoms with Gasteiger partial charge in [0.15, 0.2) is 0 Å². The Morgan fingerprint density at radius 2 is 1.77 bits per heavy atom. The zero-order valence-electron chi connectivity index (χ0n) is 19.9. The van der Waals surface area contributed by atoms with E-state index in [0.29, 0.717) is 37.2 Å². The number of hydrazine groups is 1. The van der Waals surface area contributed by atoms with E-state index in [1.54, 1.807) is 6.20 Å². The second-order valence-corrected chi connectivity index (χ2v) is 9.96. The first-order valence-corrected chi connectivity index (χ1v) is 12.7. The molecule has 1 aliphatic carbocycles. The van der Waals surface area contributed by atoms with Gasteiger partial charge in [-0.3, -0.25) is 9.59 Å². The van der Waals surface area contributed by atoms with E-state index in [2.05, 4.69) is 15.3 Å². The van der Waals surface area contributed by atoms with Gasteiger partial charge in [0.2, 0.25) is 0 Å². The second-order valence-electron chi connectivity index (χ2n) is 9.96. The fraction of sp³-hybridized carbons (Fsp3) is 0.444. The molecular formula is C27H32N6O2. The summed E-state index contributed by atoms with van der Waals surface area (Å²) in [5.41, 5.74) is 5.24. The normalized spacial score (nSPS) is 26.1. The third-order valence-corrected chi connectivity index (χ3v) is 7.88. The van der Waals surface area contributed by atoms with Gasteiger partial charge in [0, 0.05) is 62.3 Å². The zero-order valence-corrected chi connectivity index (χ0v) is 19.9. The van der Waals surface area contributed by atoms with Crippen molar-refractivity contribution in [2.45, 2.75) is 44.3 Å². The molecule has 2 amide bonds. The quantitative estimate of drug-likeness (QED) is 0.738. The van der Waals surface area contributed by atoms with Crippen LogP contribution in [-0.2, 0) is 11.3 Å². The van der Waals surface area contributed by atoms with Crippen molar-refractivity contribution < 1.29 is 9.59 Å². The molecule has 0 radical (unpaired) electrons. The summed E-state index contributed by atoms with van der Waals surface area (Å²) in [6.07, 6.45) is 10.4. The van der Waals surface area contributed by atoms with Crippen LogP contribution in [0.5, 0.6) is 0 Å². The number of carbonyl (C=O) groups is 2. The number of hydrogen-bond acceptors (Lipinski definition) is 6. The van der Waals surface area contributed by atoms with Crippen molar-refractivity contribution in [3.8, 4) is 0 Å². The summed E-state index contributed by atoms with van der Waals surface area (Å²) in [5.74, 6) is 1.57. The van der Waals surface area contributed by atoms with Crippen LogP contribution in [0.3, 0.4) is 0 Å². The highest BCUT2D eigenvalue weighted by Crippen LogP contribution is 2.36. The van der Waals surface area contributed by atoms with Crippen molar-refractivity contribution in [1.29, 1.82) is 0 Å². The van der Waals surface area contributed by atoms with Crippen LogP contribution in [-0.4, -0.2) is 69.9 Å². The second kappa shape index (κ2) is 9.34. The van der Waals surface area contributed by atoms with E-state index in [9.17, 15) is 9.59 Å². The minimum Gasteiger partial charge on any atom is -0.353 e. The molecule has 2 aromatic rings. The molecule has 3 aliphatic heterocycles. The Labute approximate surface area is 206 Å². The van der Waals surface area contributed by atoms with Gasteiger partial charge in [-0.2, -0.15) is 0 Å². The monoisotopic (exact) mass is 472 g/mol. The third kappa shape index (κ3) is 4.27. The highest BCUT2D eigenvalue weighted by Gasteiger charge is 2.47. The van der Waals surface area contributed by atoms with E-state index in [-0.39, 0.29) is 17.9 Å². The van der Waals surface area contributed by atoms with Gasteiger partial charge in [0.05, 0.1) is 6.54 Å². The van der Waals surface area contributed by atoms with Crippen LogP contribution in [0.4, 0.5) is 5.82 Å². The van der Waals surface area contributed by atoms with E-state index in [1.807, 2.05) is 69.7 Å². The van der Waals surface area contributed by atoms with Crippen molar-refractivity contribution in [3.05, 3.63) is 72.2 Å². The Morgan fingerprint density at radius 3 is 2.54 bits per heavy atom. The topological polar surface area (TPSA) is 72.0 Å². The predicted octanol–water partition coefficient (Wildman–Crippen LogP) is 2.61. The standard InChI is InChI=1S/C27H32N6O2/c34-26(31-15-13-30(14-16-31)24-7-3-4-12-28-24)21-10-8-20(9-11-21)19-32-17-18-33-25(27(32)35)22-5-1-2-6-23(22)29-33/h3-4,7-12,17-18,22-23,25,29H,1-2,5-6,13-16,19H2. The zero-order chi connectivity index (χ0) is 23.8. The van der Waals surface area contributed by atoms with Gasteiger partial charge in [0.25, 0.3) is 11.8 Å². The molecule has 3 unspecified atom stereocenters. The van der Waals surface area contributed by atoms with Crippen LogP contribution in [0.25, 0.3) is 0 Å². The van der Waals surface area contributed by atoms with E-state index < -0.39 is 0 Å². The molecule has 1 aromatic carbocycles. The first-order valence-electron chi connectivity index (χ1n) is 12.7. The molecule has 1 N–H and O–H groups in total. The van der Waals surface area contributed by atoms with Crippen molar-refractivity contribution in [3.63, 3.8) is 0 Å². The van der Waals surface area contributed by atoms with Crippen molar-refractivity contribution in [2.24, 2.45) is 5.92 Å². The van der Waals surface area contributed by atoms with E-state index in [1.165, 1.54) is 12.8 Å². The molecule has 0 spiro atoms. The summed E-state index contributed by atoms with van der Waals surface area (Å²) in [4.78, 5) is 36.7. The number of nitrogens with zero attached hydrogens (tertiary/aromatic N) is 5. The number of fused-ring (bicyclic) bond motifs is 3. The van der Waals surface area contributed by atoms with E-state index in [4.69, 9.17) is 0 Å². The molecule has 3 atom stereocenters. The molecule has 8 nitrogen and oxygen atoms in total. The Hall–Kier alpha value is -3.39. The van der Waals surface area contributed by atoms with Crippen molar-refractivity contribution in [1.82, 2.24) is 25.2 Å². The Morgan fingerprint density at radius 1 is 0.971 bits per heavy atom. The fourth-order valence-corrected chi connectivity index (χ4v) is 5.95. The number of piperazine rings is 1. The number of rotatable bonds is 4. The number of hydrogen-bond donors (Lipinski definition) is 1. The van der Waals surface area contributed by atoms with E-state index >= 15 is 0 Å². The number of carbonyl (C=O) groups excluding carboxylic acids is 2. The maximum absolute atomic E-state index is 13.3. The predicted molar refractivity (Wildman–Crippen MR) is 133 cm³/mol. The van der Waals surface area contributed by atoms with Crippen molar-refractivity contribution in [2.75, 3.05) is 31.1 Å². The van der Waals surface area contributed by atoms with Gasteiger partial charge in [-0.15, -0.1) is 0 Å². The molecule has 1 saturated carbocycles. The molecule has 4 aliphatic rings. The summed E-state index contributed by atoms with van der Waals surface area (Å²) in [5, 5.41) is 2.02. The number of nitrogens with one attached hydrogen (secondary N) is 1. The number of anilines is 1. The van der Waals surface area contributed by atoms with Gasteiger partial charge in [0.1, 0.15) is 11.9 Å². The molecule has 6 rings (SSSR count). The Bertz CT molecular complexity index is 1100. The first kappa shape index (κ1) is 22.1. The minimum absolute atomic E-state index is 0.0576. The number of benzene rings is 1. The highest BCUT2D eigenvalue weighted by molar-refractivity contribution is 5.94. The third-order valence-electron chi connectivity index (χ3n) is 7.88. The van der Waals surface area contributed by atoms with Gasteiger partial charge >= 0.3 is 0 Å². The Balaban J connectivity index is 1.06. The average molecular weight is 473 g/mol. The summed E-state index contributed by atoms with van der Waals surface area (Å²) < 4.78 is 0. The maximum atomic E-state index is 13.3. The van der Waals surface area contributed by atoms with Crippen LogP contribution < -0.4 is 10.3 Å². The molecule has 0 bridgehead atoms. The lowest BCUT2D eigenvalue weighted by Gasteiger charge is -2.35. The van der Waals surface area contributed by atoms with Crippen LogP contribution >= 0.6 is 0 Å². The van der Waals surface area contributed by atoms with Crippen LogP contribution in [0.1, 0.15) is 41.6 Å². The smallest absolute Gasteiger partial charge is 0.253 e. The number of amides is 2. The van der Waals surface area contributed by atoms with E-state index in [0.717, 1.165) is 37.3 Å². The highest BCUT2D eigenvalue weighted by atomic mass is 16.2. The largest absolute Gasteiger partial charge is 0.353 e. The van der Waals surface area contributed by atoms with Crippen molar-refractivity contribution >= 4 is 17.6 Å². The summed E-state index contributed by atoms with van der Waals surface area (Å²) in [7, 11) is 0. The lowest BCUT2D eigenvalue weighted by molar-refractivity contribution is -0.136. The lowest BCUT2D eigenvalue weighted by Crippen LogP contribution is -2.49. The van der Waals surface area contributed by atoms with Gasteiger partial charge in [-0.25, -0.2) is 10.4 Å². The molecule has 8 heteroatoms. The minimum atomic E-state index is -0.101. The number of aromatic nitrogens is 1. The number of pyridine rings is 1. The Kier molecular flexibility index (Phi) is 5.90. The summed E-state index contributed by atoms with van der Waals surface area (Å²) in [6.45, 7) is 3.43. The van der Waals surface area contributed by atoms with Gasteiger partial charge in [-0.1, -0.05) is 31.0 Å². The molecule has 182 valence electrons.